The summed E-state index contributed by atoms with van der Waals surface area (Å²) in [6.45, 7) is 0. The van der Waals surface area contributed by atoms with E-state index in [1.807, 2.05) is 0 Å². The lowest BCUT2D eigenvalue weighted by atomic mass is 10.2. The zero-order valence-corrected chi connectivity index (χ0v) is 10.1. The highest BCUT2D eigenvalue weighted by molar-refractivity contribution is 5.88. The van der Waals surface area contributed by atoms with Gasteiger partial charge in [-0.25, -0.2) is 9.68 Å². The van der Waals surface area contributed by atoms with Gasteiger partial charge in [0.1, 0.15) is 0 Å². The van der Waals surface area contributed by atoms with Crippen LogP contribution in [0.15, 0.2) is 54.6 Å². The minimum atomic E-state index is -4.42. The molecular formula is C14H9F3O3. The largest absolute Gasteiger partial charge is 0.416 e. The van der Waals surface area contributed by atoms with Gasteiger partial charge in [0.05, 0.1) is 11.1 Å². The molecule has 6 heteroatoms. The summed E-state index contributed by atoms with van der Waals surface area (Å²) in [6.07, 6.45) is -4.42. The second-order valence-corrected chi connectivity index (χ2v) is 3.84. The van der Waals surface area contributed by atoms with Crippen molar-refractivity contribution in [3.63, 3.8) is 0 Å². The fourth-order valence-corrected chi connectivity index (χ4v) is 1.41. The standard InChI is InChI=1S/C14H9F3O3/c15-14(16,17)11-6-8-12(9-7-11)19-20-13(18)10-4-2-1-3-5-10/h1-9H. The Morgan fingerprint density at radius 1 is 0.900 bits per heavy atom. The van der Waals surface area contributed by atoms with Crippen LogP contribution in [0.25, 0.3) is 0 Å². The van der Waals surface area contributed by atoms with Crippen molar-refractivity contribution in [2.75, 3.05) is 0 Å². The maximum atomic E-state index is 12.3. The molecule has 0 radical (unpaired) electrons. The van der Waals surface area contributed by atoms with E-state index in [2.05, 4.69) is 9.78 Å². The van der Waals surface area contributed by atoms with E-state index in [0.29, 0.717) is 0 Å². The highest BCUT2D eigenvalue weighted by Crippen LogP contribution is 2.30. The lowest BCUT2D eigenvalue weighted by molar-refractivity contribution is -0.150. The van der Waals surface area contributed by atoms with E-state index >= 15 is 0 Å². The van der Waals surface area contributed by atoms with Crippen molar-refractivity contribution in [2.24, 2.45) is 0 Å². The number of carbonyl (C=O) groups is 1. The number of hydrogen-bond donors (Lipinski definition) is 0. The second-order valence-electron chi connectivity index (χ2n) is 3.84. The summed E-state index contributed by atoms with van der Waals surface area (Å²) in [6, 6.07) is 11.9. The van der Waals surface area contributed by atoms with E-state index < -0.39 is 17.7 Å². The number of halogens is 3. The van der Waals surface area contributed by atoms with Crippen molar-refractivity contribution in [1.82, 2.24) is 0 Å². The predicted molar refractivity (Wildman–Crippen MR) is 63.9 cm³/mol. The van der Waals surface area contributed by atoms with Crippen LogP contribution in [0.4, 0.5) is 13.2 Å². The van der Waals surface area contributed by atoms with E-state index in [-0.39, 0.29) is 11.3 Å². The van der Waals surface area contributed by atoms with Gasteiger partial charge >= 0.3 is 12.1 Å². The first-order valence-electron chi connectivity index (χ1n) is 5.58. The lowest BCUT2D eigenvalue weighted by Gasteiger charge is -2.07. The SMILES string of the molecule is O=C(OOc1ccc(C(F)(F)F)cc1)c1ccccc1. The van der Waals surface area contributed by atoms with Gasteiger partial charge in [0, 0.05) is 0 Å². The Morgan fingerprint density at radius 2 is 1.50 bits per heavy atom. The molecule has 2 aromatic carbocycles. The third-order valence-electron chi connectivity index (χ3n) is 2.40. The Kier molecular flexibility index (Phi) is 3.93. The zero-order chi connectivity index (χ0) is 14.6. The van der Waals surface area contributed by atoms with E-state index in [0.717, 1.165) is 24.3 Å². The van der Waals surface area contributed by atoms with Gasteiger partial charge in [-0.2, -0.15) is 13.2 Å². The Labute approximate surface area is 112 Å². The molecule has 2 rings (SSSR count). The van der Waals surface area contributed by atoms with Crippen LogP contribution in [0, 0.1) is 0 Å². The highest BCUT2D eigenvalue weighted by Gasteiger charge is 2.30. The third kappa shape index (κ3) is 3.50. The number of alkyl halides is 3. The van der Waals surface area contributed by atoms with Gasteiger partial charge in [0.25, 0.3) is 0 Å². The summed E-state index contributed by atoms with van der Waals surface area (Å²) in [4.78, 5) is 20.7. The molecule has 0 heterocycles. The van der Waals surface area contributed by atoms with Crippen LogP contribution in [-0.2, 0) is 11.1 Å². The fraction of sp³-hybridized carbons (Fsp3) is 0.0714. The van der Waals surface area contributed by atoms with Gasteiger partial charge in [-0.15, -0.1) is 0 Å². The Morgan fingerprint density at radius 3 is 2.05 bits per heavy atom. The maximum absolute atomic E-state index is 12.3. The molecule has 0 atom stereocenters. The topological polar surface area (TPSA) is 35.5 Å². The fourth-order valence-electron chi connectivity index (χ4n) is 1.41. The first-order valence-corrected chi connectivity index (χ1v) is 5.58. The molecule has 0 unspecified atom stereocenters. The molecule has 2 aromatic rings. The van der Waals surface area contributed by atoms with Gasteiger partial charge < -0.3 is 0 Å². The average molecular weight is 282 g/mol. The maximum Gasteiger partial charge on any atom is 0.416 e. The lowest BCUT2D eigenvalue weighted by Crippen LogP contribution is -2.08. The number of rotatable bonds is 3. The Bertz CT molecular complexity index is 577. The van der Waals surface area contributed by atoms with E-state index in [1.54, 1.807) is 18.2 Å². The van der Waals surface area contributed by atoms with Crippen LogP contribution in [0.2, 0.25) is 0 Å². The van der Waals surface area contributed by atoms with Crippen molar-refractivity contribution in [2.45, 2.75) is 6.18 Å². The number of benzene rings is 2. The first-order chi connectivity index (χ1) is 9.47. The summed E-state index contributed by atoms with van der Waals surface area (Å²) in [5, 5.41) is 0. The van der Waals surface area contributed by atoms with E-state index in [9.17, 15) is 18.0 Å². The van der Waals surface area contributed by atoms with Crippen LogP contribution in [0.1, 0.15) is 15.9 Å². The van der Waals surface area contributed by atoms with Crippen molar-refractivity contribution in [3.8, 4) is 5.75 Å². The minimum absolute atomic E-state index is 0.00211. The van der Waals surface area contributed by atoms with Gasteiger partial charge in [0.15, 0.2) is 5.75 Å². The molecule has 0 aromatic heterocycles. The van der Waals surface area contributed by atoms with Crippen molar-refractivity contribution < 1.29 is 27.7 Å². The summed E-state index contributed by atoms with van der Waals surface area (Å²) in [5.41, 5.74) is -0.529. The monoisotopic (exact) mass is 282 g/mol. The zero-order valence-electron chi connectivity index (χ0n) is 10.1. The number of carbonyl (C=O) groups excluding carboxylic acids is 1. The average Bonchev–Trinajstić information content (AvgIpc) is 2.45. The van der Waals surface area contributed by atoms with Crippen LogP contribution < -0.4 is 4.89 Å². The summed E-state index contributed by atoms with van der Waals surface area (Å²) in [7, 11) is 0. The molecule has 3 nitrogen and oxygen atoms in total. The molecule has 104 valence electrons. The van der Waals surface area contributed by atoms with Crippen LogP contribution in [0.3, 0.4) is 0 Å². The molecule has 0 aliphatic rings. The van der Waals surface area contributed by atoms with Gasteiger partial charge in [-0.05, 0) is 36.4 Å². The first kappa shape index (κ1) is 13.9. The summed E-state index contributed by atoms with van der Waals surface area (Å²) < 4.78 is 37.0. The van der Waals surface area contributed by atoms with Crippen molar-refractivity contribution >= 4 is 5.97 Å². The molecule has 0 aliphatic carbocycles. The third-order valence-corrected chi connectivity index (χ3v) is 2.40. The second kappa shape index (κ2) is 5.64. The molecule has 0 saturated carbocycles. The van der Waals surface area contributed by atoms with Crippen LogP contribution >= 0.6 is 0 Å². The normalized spacial score (nSPS) is 10.9. The smallest absolute Gasteiger partial charge is 0.287 e. The molecule has 0 amide bonds. The van der Waals surface area contributed by atoms with E-state index in [4.69, 9.17) is 0 Å². The minimum Gasteiger partial charge on any atom is -0.287 e. The van der Waals surface area contributed by atoms with Gasteiger partial charge in [-0.1, -0.05) is 18.2 Å². The molecule has 0 fully saturated rings. The number of hydrogen-bond acceptors (Lipinski definition) is 3. The quantitative estimate of drug-likeness (QED) is 0.633. The molecule has 20 heavy (non-hydrogen) atoms. The Balaban J connectivity index is 1.96. The summed E-state index contributed by atoms with van der Waals surface area (Å²) >= 11 is 0. The molecule has 0 bridgehead atoms. The molecule has 0 N–H and O–H groups in total. The van der Waals surface area contributed by atoms with Gasteiger partial charge in [-0.3, -0.25) is 4.89 Å². The summed E-state index contributed by atoms with van der Waals surface area (Å²) in [5.74, 6) is -0.729. The highest BCUT2D eigenvalue weighted by atomic mass is 19.4. The van der Waals surface area contributed by atoms with Crippen molar-refractivity contribution in [3.05, 3.63) is 65.7 Å². The molecule has 0 spiro atoms. The Hall–Kier alpha value is -2.50. The van der Waals surface area contributed by atoms with Crippen LogP contribution in [-0.4, -0.2) is 5.97 Å². The van der Waals surface area contributed by atoms with Crippen LogP contribution in [0.5, 0.6) is 5.75 Å². The van der Waals surface area contributed by atoms with Crippen molar-refractivity contribution in [1.29, 1.82) is 0 Å². The van der Waals surface area contributed by atoms with E-state index in [1.165, 1.54) is 12.1 Å². The predicted octanol–water partition coefficient (Wildman–Crippen LogP) is 3.86. The van der Waals surface area contributed by atoms with Gasteiger partial charge in [0.2, 0.25) is 0 Å². The molecular weight excluding hydrogens is 273 g/mol. The molecule has 0 saturated heterocycles. The molecule has 0 aliphatic heterocycles.